The molecule has 7 heteroatoms. The minimum absolute atomic E-state index is 0.0431. The van der Waals surface area contributed by atoms with Crippen molar-refractivity contribution in [3.05, 3.63) is 72.7 Å². The van der Waals surface area contributed by atoms with Crippen LogP contribution in [0.25, 0.3) is 5.69 Å². The first-order valence-electron chi connectivity index (χ1n) is 7.90. The van der Waals surface area contributed by atoms with Crippen molar-refractivity contribution in [1.82, 2.24) is 20.2 Å². The van der Waals surface area contributed by atoms with Crippen LogP contribution in [0.3, 0.4) is 0 Å². The molecule has 0 saturated heterocycles. The third kappa shape index (κ3) is 4.27. The molecule has 2 amide bonds. The first-order chi connectivity index (χ1) is 12.0. The lowest BCUT2D eigenvalue weighted by Gasteiger charge is -2.21. The first kappa shape index (κ1) is 16.8. The van der Waals surface area contributed by atoms with Gasteiger partial charge in [0.25, 0.3) is 0 Å². The maximum atomic E-state index is 12.0. The smallest absolute Gasteiger partial charge is 0.315 e. The second-order valence-electron chi connectivity index (χ2n) is 5.93. The summed E-state index contributed by atoms with van der Waals surface area (Å²) in [7, 11) is 0. The number of nitrogens with zero attached hydrogens (tertiary/aromatic N) is 2. The molecule has 3 rings (SSSR count). The summed E-state index contributed by atoms with van der Waals surface area (Å²) in [4.78, 5) is 16.0. The van der Waals surface area contributed by atoms with Gasteiger partial charge in [-0.15, -0.1) is 0 Å². The van der Waals surface area contributed by atoms with Crippen molar-refractivity contribution in [3.63, 3.8) is 0 Å². The number of aromatic nitrogens is 2. The number of imidazole rings is 1. The zero-order chi connectivity index (χ0) is 17.7. The van der Waals surface area contributed by atoms with Crippen LogP contribution in [0.15, 0.2) is 65.8 Å². The Morgan fingerprint density at radius 1 is 1.32 bits per heavy atom. The zero-order valence-electron chi connectivity index (χ0n) is 13.8. The number of furan rings is 1. The van der Waals surface area contributed by atoms with Gasteiger partial charge in [-0.05, 0) is 36.8 Å². The third-order valence-corrected chi connectivity index (χ3v) is 3.81. The van der Waals surface area contributed by atoms with Gasteiger partial charge in [0.05, 0.1) is 19.1 Å². The average Bonchev–Trinajstić information content (AvgIpc) is 3.32. The molecule has 0 radical (unpaired) electrons. The number of carbonyl (C=O) groups is 1. The predicted octanol–water partition coefficient (Wildman–Crippen LogP) is 2.17. The van der Waals surface area contributed by atoms with Gasteiger partial charge in [0.15, 0.2) is 0 Å². The van der Waals surface area contributed by atoms with Crippen molar-refractivity contribution in [2.24, 2.45) is 0 Å². The largest absolute Gasteiger partial charge is 0.466 e. The molecule has 0 saturated carbocycles. The van der Waals surface area contributed by atoms with Crippen LogP contribution in [0.2, 0.25) is 0 Å². The van der Waals surface area contributed by atoms with Gasteiger partial charge in [-0.25, -0.2) is 9.78 Å². The lowest BCUT2D eigenvalue weighted by Crippen LogP contribution is -2.43. The molecule has 0 aliphatic heterocycles. The van der Waals surface area contributed by atoms with Crippen molar-refractivity contribution in [1.29, 1.82) is 0 Å². The van der Waals surface area contributed by atoms with E-state index in [1.165, 1.54) is 6.26 Å². The Kier molecular flexibility index (Phi) is 4.85. The topological polar surface area (TPSA) is 92.3 Å². The van der Waals surface area contributed by atoms with Crippen LogP contribution < -0.4 is 10.6 Å². The highest BCUT2D eigenvalue weighted by molar-refractivity contribution is 5.73. The molecule has 1 aromatic carbocycles. The highest BCUT2D eigenvalue weighted by Crippen LogP contribution is 2.19. The Morgan fingerprint density at radius 2 is 2.20 bits per heavy atom. The molecule has 0 aliphatic rings. The van der Waals surface area contributed by atoms with Gasteiger partial charge in [0.2, 0.25) is 0 Å². The first-order valence-corrected chi connectivity index (χ1v) is 7.90. The Labute approximate surface area is 145 Å². The Morgan fingerprint density at radius 3 is 2.92 bits per heavy atom. The maximum absolute atomic E-state index is 12.0. The van der Waals surface area contributed by atoms with E-state index in [-0.39, 0.29) is 12.6 Å². The summed E-state index contributed by atoms with van der Waals surface area (Å²) in [5.41, 5.74) is 0.666. The fourth-order valence-corrected chi connectivity index (χ4v) is 2.41. The van der Waals surface area contributed by atoms with Gasteiger partial charge in [-0.3, -0.25) is 0 Å². The lowest BCUT2D eigenvalue weighted by molar-refractivity contribution is 0.0367. The van der Waals surface area contributed by atoms with Crippen LogP contribution in [0.4, 0.5) is 4.79 Å². The standard InChI is InChI=1S/C18H20N4O3/c1-18(24,16-6-3-9-25-16)12-21-17(23)20-11-14-4-2-5-15(10-14)22-8-7-19-13-22/h2-10,13,24H,11-12H2,1H3,(H2,20,21,23)/t18-/m0/s1. The molecule has 1 atom stereocenters. The zero-order valence-corrected chi connectivity index (χ0v) is 13.8. The molecular weight excluding hydrogens is 320 g/mol. The molecule has 0 bridgehead atoms. The Balaban J connectivity index is 1.52. The average molecular weight is 340 g/mol. The minimum atomic E-state index is -1.26. The van der Waals surface area contributed by atoms with E-state index in [1.54, 1.807) is 31.6 Å². The molecule has 0 fully saturated rings. The third-order valence-electron chi connectivity index (χ3n) is 3.81. The van der Waals surface area contributed by atoms with E-state index in [0.717, 1.165) is 11.3 Å². The van der Waals surface area contributed by atoms with E-state index in [4.69, 9.17) is 4.42 Å². The molecule has 0 unspecified atom stereocenters. The number of aliphatic hydroxyl groups is 1. The van der Waals surface area contributed by atoms with Gasteiger partial charge < -0.3 is 24.7 Å². The quantitative estimate of drug-likeness (QED) is 0.641. The molecule has 2 aromatic heterocycles. The molecule has 25 heavy (non-hydrogen) atoms. The molecule has 130 valence electrons. The number of rotatable bonds is 6. The number of hydrogen-bond donors (Lipinski definition) is 3. The van der Waals surface area contributed by atoms with Crippen LogP contribution >= 0.6 is 0 Å². The number of amides is 2. The monoisotopic (exact) mass is 340 g/mol. The number of benzene rings is 1. The summed E-state index contributed by atoms with van der Waals surface area (Å²) in [5, 5.41) is 15.7. The molecule has 3 N–H and O–H groups in total. The fourth-order valence-electron chi connectivity index (χ4n) is 2.41. The van der Waals surface area contributed by atoms with Gasteiger partial charge in [0, 0.05) is 24.6 Å². The van der Waals surface area contributed by atoms with E-state index in [9.17, 15) is 9.90 Å². The van der Waals surface area contributed by atoms with Crippen LogP contribution in [0, 0.1) is 0 Å². The van der Waals surface area contributed by atoms with E-state index in [2.05, 4.69) is 15.6 Å². The number of nitrogens with one attached hydrogen (secondary N) is 2. The maximum Gasteiger partial charge on any atom is 0.315 e. The highest BCUT2D eigenvalue weighted by Gasteiger charge is 2.26. The fraction of sp³-hybridized carbons (Fsp3) is 0.222. The molecular formula is C18H20N4O3. The predicted molar refractivity (Wildman–Crippen MR) is 92.1 cm³/mol. The van der Waals surface area contributed by atoms with Crippen LogP contribution in [0.5, 0.6) is 0 Å². The summed E-state index contributed by atoms with van der Waals surface area (Å²) >= 11 is 0. The van der Waals surface area contributed by atoms with Gasteiger partial charge >= 0.3 is 6.03 Å². The number of urea groups is 1. The Hall–Kier alpha value is -3.06. The minimum Gasteiger partial charge on any atom is -0.466 e. The second-order valence-corrected chi connectivity index (χ2v) is 5.93. The van der Waals surface area contributed by atoms with Crippen LogP contribution in [-0.4, -0.2) is 27.2 Å². The van der Waals surface area contributed by atoms with Gasteiger partial charge in [0.1, 0.15) is 11.4 Å². The van der Waals surface area contributed by atoms with Crippen molar-refractivity contribution < 1.29 is 14.3 Å². The van der Waals surface area contributed by atoms with E-state index in [1.807, 2.05) is 35.0 Å². The summed E-state index contributed by atoms with van der Waals surface area (Å²) in [6.45, 7) is 2.00. The summed E-state index contributed by atoms with van der Waals surface area (Å²) < 4.78 is 7.07. The van der Waals surface area contributed by atoms with Crippen LogP contribution in [-0.2, 0) is 12.1 Å². The highest BCUT2D eigenvalue weighted by atomic mass is 16.4. The SMILES string of the molecule is C[C@](O)(CNC(=O)NCc1cccc(-n2ccnc2)c1)c1ccco1. The van der Waals surface area contributed by atoms with Gasteiger partial charge in [-0.2, -0.15) is 0 Å². The van der Waals surface area contributed by atoms with Crippen molar-refractivity contribution in [2.75, 3.05) is 6.54 Å². The Bertz CT molecular complexity index is 811. The summed E-state index contributed by atoms with van der Waals surface area (Å²) in [6, 6.07) is 10.8. The van der Waals surface area contributed by atoms with E-state index in [0.29, 0.717) is 12.3 Å². The summed E-state index contributed by atoms with van der Waals surface area (Å²) in [5.74, 6) is 0.404. The number of hydrogen-bond acceptors (Lipinski definition) is 4. The van der Waals surface area contributed by atoms with Gasteiger partial charge in [-0.1, -0.05) is 12.1 Å². The second kappa shape index (κ2) is 7.23. The normalized spacial score (nSPS) is 13.2. The van der Waals surface area contributed by atoms with Crippen molar-refractivity contribution >= 4 is 6.03 Å². The molecule has 7 nitrogen and oxygen atoms in total. The molecule has 3 aromatic rings. The van der Waals surface area contributed by atoms with E-state index >= 15 is 0 Å². The summed E-state index contributed by atoms with van der Waals surface area (Å²) in [6.07, 6.45) is 6.77. The molecule has 2 heterocycles. The van der Waals surface area contributed by atoms with E-state index < -0.39 is 5.60 Å². The van der Waals surface area contributed by atoms with Crippen molar-refractivity contribution in [2.45, 2.75) is 19.1 Å². The number of carbonyl (C=O) groups excluding carboxylic acids is 1. The molecule has 0 spiro atoms. The molecule has 0 aliphatic carbocycles. The lowest BCUT2D eigenvalue weighted by atomic mass is 10.0. The van der Waals surface area contributed by atoms with Crippen molar-refractivity contribution in [3.8, 4) is 5.69 Å². The van der Waals surface area contributed by atoms with Crippen LogP contribution in [0.1, 0.15) is 18.2 Å².